The highest BCUT2D eigenvalue weighted by Gasteiger charge is 2.27. The standard InChI is InChI=1S/C9H21N2O4P/c1-7(2)14-16(13,15-8(3)4)6-5-9(10)11-12/h7-8,12H,5-6H2,1-4H3,(H2,10,11). The van der Waals surface area contributed by atoms with Gasteiger partial charge in [-0.05, 0) is 27.7 Å². The van der Waals surface area contributed by atoms with E-state index in [1.165, 1.54) is 0 Å². The zero-order valence-corrected chi connectivity index (χ0v) is 11.1. The van der Waals surface area contributed by atoms with Gasteiger partial charge in [0.2, 0.25) is 0 Å². The van der Waals surface area contributed by atoms with Crippen LogP contribution in [-0.2, 0) is 13.6 Å². The van der Waals surface area contributed by atoms with Gasteiger partial charge in [0.25, 0.3) is 0 Å². The molecule has 0 fully saturated rings. The van der Waals surface area contributed by atoms with E-state index in [1.807, 2.05) is 0 Å². The van der Waals surface area contributed by atoms with Gasteiger partial charge in [0, 0.05) is 6.42 Å². The van der Waals surface area contributed by atoms with Crippen molar-refractivity contribution in [1.82, 2.24) is 0 Å². The van der Waals surface area contributed by atoms with E-state index in [-0.39, 0.29) is 30.6 Å². The maximum Gasteiger partial charge on any atom is 0.331 e. The van der Waals surface area contributed by atoms with E-state index in [0.29, 0.717) is 0 Å². The molecule has 0 bridgehead atoms. The molecule has 0 rings (SSSR count). The average molecular weight is 252 g/mol. The van der Waals surface area contributed by atoms with Crippen LogP contribution in [0.2, 0.25) is 0 Å². The van der Waals surface area contributed by atoms with Crippen molar-refractivity contribution < 1.29 is 18.8 Å². The van der Waals surface area contributed by atoms with Crippen LogP contribution in [0.15, 0.2) is 5.16 Å². The molecule has 0 aromatic heterocycles. The van der Waals surface area contributed by atoms with Gasteiger partial charge in [-0.3, -0.25) is 4.57 Å². The topological polar surface area (TPSA) is 94.1 Å². The molecule has 0 amide bonds. The summed E-state index contributed by atoms with van der Waals surface area (Å²) in [6, 6.07) is 0. The Morgan fingerprint density at radius 2 is 1.75 bits per heavy atom. The Morgan fingerprint density at radius 1 is 1.31 bits per heavy atom. The van der Waals surface area contributed by atoms with Crippen molar-refractivity contribution in [3.05, 3.63) is 0 Å². The predicted molar refractivity (Wildman–Crippen MR) is 62.9 cm³/mol. The van der Waals surface area contributed by atoms with Gasteiger partial charge < -0.3 is 20.0 Å². The largest absolute Gasteiger partial charge is 0.409 e. The molecule has 0 unspecified atom stereocenters. The van der Waals surface area contributed by atoms with Crippen molar-refractivity contribution in [2.24, 2.45) is 10.9 Å². The van der Waals surface area contributed by atoms with Crippen molar-refractivity contribution in [1.29, 1.82) is 0 Å². The van der Waals surface area contributed by atoms with Gasteiger partial charge in [-0.25, -0.2) is 0 Å². The Balaban J connectivity index is 4.48. The average Bonchev–Trinajstić information content (AvgIpc) is 2.11. The first-order valence-electron chi connectivity index (χ1n) is 5.21. The summed E-state index contributed by atoms with van der Waals surface area (Å²) in [5.74, 6) is 0.0138. The second kappa shape index (κ2) is 6.89. The van der Waals surface area contributed by atoms with Crippen molar-refractivity contribution in [3.8, 4) is 0 Å². The summed E-state index contributed by atoms with van der Waals surface area (Å²) in [5.41, 5.74) is 5.31. The molecular weight excluding hydrogens is 231 g/mol. The number of amidine groups is 1. The lowest BCUT2D eigenvalue weighted by Crippen LogP contribution is -2.16. The van der Waals surface area contributed by atoms with Crippen LogP contribution in [0.1, 0.15) is 34.1 Å². The fraction of sp³-hybridized carbons (Fsp3) is 0.889. The molecule has 0 atom stereocenters. The lowest BCUT2D eigenvalue weighted by Gasteiger charge is -2.22. The molecule has 96 valence electrons. The molecule has 0 radical (unpaired) electrons. The van der Waals surface area contributed by atoms with E-state index >= 15 is 0 Å². The summed E-state index contributed by atoms with van der Waals surface area (Å²) in [5, 5.41) is 11.2. The fourth-order valence-electron chi connectivity index (χ4n) is 1.07. The van der Waals surface area contributed by atoms with Crippen molar-refractivity contribution in [3.63, 3.8) is 0 Å². The van der Waals surface area contributed by atoms with Crippen LogP contribution in [0.25, 0.3) is 0 Å². The van der Waals surface area contributed by atoms with E-state index in [2.05, 4.69) is 5.16 Å². The minimum atomic E-state index is -3.17. The third kappa shape index (κ3) is 6.82. The third-order valence-corrected chi connectivity index (χ3v) is 3.77. The summed E-state index contributed by atoms with van der Waals surface area (Å²) in [6.07, 6.45) is -0.110. The monoisotopic (exact) mass is 252 g/mol. The number of nitrogens with two attached hydrogens (primary N) is 1. The fourth-order valence-corrected chi connectivity index (χ4v) is 3.12. The number of nitrogens with zero attached hydrogens (tertiary/aromatic N) is 1. The first-order chi connectivity index (χ1) is 7.29. The molecule has 7 heteroatoms. The van der Waals surface area contributed by atoms with Crippen molar-refractivity contribution in [2.45, 2.75) is 46.3 Å². The van der Waals surface area contributed by atoms with Gasteiger partial charge >= 0.3 is 7.60 Å². The Hall–Kier alpha value is -0.580. The van der Waals surface area contributed by atoms with E-state index in [0.717, 1.165) is 0 Å². The SMILES string of the molecule is CC(C)OP(=O)(CCC(N)=NO)OC(C)C. The highest BCUT2D eigenvalue weighted by atomic mass is 31.2. The normalized spacial score (nSPS) is 13.8. The molecule has 0 saturated carbocycles. The van der Waals surface area contributed by atoms with Crippen molar-refractivity contribution in [2.75, 3.05) is 6.16 Å². The molecule has 0 aromatic carbocycles. The van der Waals surface area contributed by atoms with E-state index in [9.17, 15) is 4.57 Å². The van der Waals surface area contributed by atoms with Crippen LogP contribution in [-0.4, -0.2) is 29.4 Å². The number of hydrogen-bond donors (Lipinski definition) is 2. The summed E-state index contributed by atoms with van der Waals surface area (Å²) in [6.45, 7) is 7.11. The zero-order chi connectivity index (χ0) is 12.8. The second-order valence-corrected chi connectivity index (χ2v) is 6.07. The Kier molecular flexibility index (Phi) is 6.64. The molecule has 0 heterocycles. The maximum atomic E-state index is 12.2. The van der Waals surface area contributed by atoms with Gasteiger partial charge in [0.05, 0.1) is 18.4 Å². The molecule has 3 N–H and O–H groups in total. The van der Waals surface area contributed by atoms with Crippen LogP contribution in [0, 0.1) is 0 Å². The third-order valence-electron chi connectivity index (χ3n) is 1.51. The Labute approximate surface area is 96.3 Å². The second-order valence-electron chi connectivity index (χ2n) is 3.98. The molecule has 0 aliphatic heterocycles. The van der Waals surface area contributed by atoms with E-state index in [4.69, 9.17) is 20.0 Å². The van der Waals surface area contributed by atoms with Gasteiger partial charge in [-0.2, -0.15) is 0 Å². The summed E-state index contributed by atoms with van der Waals surface area (Å²) < 4.78 is 22.8. The molecule has 0 saturated heterocycles. The van der Waals surface area contributed by atoms with Crippen molar-refractivity contribution >= 4 is 13.4 Å². The molecule has 0 spiro atoms. The minimum Gasteiger partial charge on any atom is -0.409 e. The van der Waals surface area contributed by atoms with Crippen LogP contribution in [0.5, 0.6) is 0 Å². The van der Waals surface area contributed by atoms with Gasteiger partial charge in [-0.15, -0.1) is 0 Å². The first kappa shape index (κ1) is 15.4. The molecule has 0 aromatic rings. The number of hydrogen-bond acceptors (Lipinski definition) is 5. The van der Waals surface area contributed by atoms with Crippen LogP contribution >= 0.6 is 7.60 Å². The predicted octanol–water partition coefficient (Wildman–Crippen LogP) is 2.17. The number of oxime groups is 1. The Bertz CT molecular complexity index is 265. The molecule has 16 heavy (non-hydrogen) atoms. The van der Waals surface area contributed by atoms with Gasteiger partial charge in [0.15, 0.2) is 0 Å². The summed E-state index contributed by atoms with van der Waals surface area (Å²) in [4.78, 5) is 0. The minimum absolute atomic E-state index is 0.0138. The molecular formula is C9H21N2O4P. The summed E-state index contributed by atoms with van der Waals surface area (Å²) >= 11 is 0. The highest BCUT2D eigenvalue weighted by Crippen LogP contribution is 2.50. The molecule has 6 nitrogen and oxygen atoms in total. The quantitative estimate of drug-likeness (QED) is 0.238. The Morgan fingerprint density at radius 3 is 2.06 bits per heavy atom. The highest BCUT2D eigenvalue weighted by molar-refractivity contribution is 7.53. The van der Waals surface area contributed by atoms with Crippen LogP contribution < -0.4 is 5.73 Å². The van der Waals surface area contributed by atoms with Crippen LogP contribution in [0.4, 0.5) is 0 Å². The maximum absolute atomic E-state index is 12.2. The smallest absolute Gasteiger partial charge is 0.331 e. The molecule has 0 aliphatic carbocycles. The van der Waals surface area contributed by atoms with Crippen LogP contribution in [0.3, 0.4) is 0 Å². The first-order valence-corrected chi connectivity index (χ1v) is 6.94. The van der Waals surface area contributed by atoms with E-state index < -0.39 is 7.60 Å². The zero-order valence-electron chi connectivity index (χ0n) is 10.2. The number of rotatable bonds is 7. The lowest BCUT2D eigenvalue weighted by molar-refractivity contribution is 0.143. The lowest BCUT2D eigenvalue weighted by atomic mass is 10.5. The van der Waals surface area contributed by atoms with Gasteiger partial charge in [0.1, 0.15) is 5.84 Å². The van der Waals surface area contributed by atoms with Gasteiger partial charge in [-0.1, -0.05) is 5.16 Å². The summed E-state index contributed by atoms with van der Waals surface area (Å²) in [7, 11) is -3.17. The van der Waals surface area contributed by atoms with E-state index in [1.54, 1.807) is 27.7 Å². The molecule has 0 aliphatic rings.